The number of hydrogen-bond donors (Lipinski definition) is 4. The lowest BCUT2D eigenvalue weighted by Crippen LogP contribution is -2.63. The molecule has 0 radical (unpaired) electrons. The summed E-state index contributed by atoms with van der Waals surface area (Å²) in [6.45, 7) is 7.75. The molecular formula is C25H47N5O3. The Morgan fingerprint density at radius 2 is 1.67 bits per heavy atom. The number of amides is 1. The molecule has 2 heterocycles. The number of carbonyl (C=O) groups is 1. The minimum Gasteiger partial charge on any atom is -0.381 e. The summed E-state index contributed by atoms with van der Waals surface area (Å²) in [6.07, 6.45) is 10.9. The maximum Gasteiger partial charge on any atom is 0.223 e. The number of methoxy groups -OCH3 is 1. The van der Waals surface area contributed by atoms with Crippen LogP contribution >= 0.6 is 0 Å². The van der Waals surface area contributed by atoms with Crippen LogP contribution in [0.5, 0.6) is 0 Å². The van der Waals surface area contributed by atoms with E-state index in [1.54, 1.807) is 0 Å². The van der Waals surface area contributed by atoms with E-state index >= 15 is 0 Å². The van der Waals surface area contributed by atoms with Crippen LogP contribution in [0.4, 0.5) is 0 Å². The van der Waals surface area contributed by atoms with Gasteiger partial charge in [0.1, 0.15) is 6.29 Å². The van der Waals surface area contributed by atoms with Crippen molar-refractivity contribution < 1.29 is 14.3 Å². The van der Waals surface area contributed by atoms with E-state index in [0.717, 1.165) is 96.4 Å². The Balaban J connectivity index is 1.05. The highest BCUT2D eigenvalue weighted by atomic mass is 16.5. The Hall–Kier alpha value is -0.770. The van der Waals surface area contributed by atoms with E-state index in [0.29, 0.717) is 12.1 Å². The Morgan fingerprint density at radius 3 is 2.33 bits per heavy atom. The first-order chi connectivity index (χ1) is 16.2. The van der Waals surface area contributed by atoms with Crippen molar-refractivity contribution in [2.75, 3.05) is 59.6 Å². The highest BCUT2D eigenvalue weighted by molar-refractivity contribution is 5.78. The first-order valence-corrected chi connectivity index (χ1v) is 13.5. The highest BCUT2D eigenvalue weighted by Crippen LogP contribution is 2.32. The van der Waals surface area contributed by atoms with Crippen LogP contribution in [0, 0.1) is 17.8 Å². The van der Waals surface area contributed by atoms with E-state index < -0.39 is 0 Å². The molecule has 0 aromatic carbocycles. The molecule has 0 aromatic heterocycles. The average molecular weight is 466 g/mol. The number of rotatable bonds is 9. The lowest BCUT2D eigenvalue weighted by Gasteiger charge is -2.40. The van der Waals surface area contributed by atoms with Crippen molar-refractivity contribution in [1.29, 1.82) is 0 Å². The third-order valence-electron chi connectivity index (χ3n) is 8.44. The van der Waals surface area contributed by atoms with Gasteiger partial charge in [-0.15, -0.1) is 0 Å². The number of morpholine rings is 1. The summed E-state index contributed by atoms with van der Waals surface area (Å²) in [7, 11) is 1.85. The SMILES string of the molecule is COC1CCC(C2CNC(NC3CCC(C(=O)NCCCN4CCOCC4)CC3)NC2)CC1. The zero-order valence-electron chi connectivity index (χ0n) is 20.7. The van der Waals surface area contributed by atoms with E-state index in [2.05, 4.69) is 26.2 Å². The number of nitrogens with one attached hydrogen (secondary N) is 4. The van der Waals surface area contributed by atoms with Gasteiger partial charge >= 0.3 is 0 Å². The third-order valence-corrected chi connectivity index (χ3v) is 8.44. The Morgan fingerprint density at radius 1 is 0.970 bits per heavy atom. The van der Waals surface area contributed by atoms with E-state index in [1.807, 2.05) is 7.11 Å². The second kappa shape index (κ2) is 13.4. The minimum absolute atomic E-state index is 0.185. The quantitative estimate of drug-likeness (QED) is 0.382. The van der Waals surface area contributed by atoms with Gasteiger partial charge in [0.25, 0.3) is 0 Å². The Labute approximate surface area is 200 Å². The normalized spacial score (nSPS) is 36.4. The van der Waals surface area contributed by atoms with Crippen molar-refractivity contribution >= 4 is 5.91 Å². The average Bonchev–Trinajstić information content (AvgIpc) is 2.88. The Bertz CT molecular complexity index is 564. The molecule has 2 saturated heterocycles. The predicted molar refractivity (Wildman–Crippen MR) is 130 cm³/mol. The topological polar surface area (TPSA) is 86.9 Å². The molecule has 0 spiro atoms. The second-order valence-corrected chi connectivity index (χ2v) is 10.6. The summed E-state index contributed by atoms with van der Waals surface area (Å²) in [5, 5.41) is 14.3. The Kier molecular flexibility index (Phi) is 10.2. The molecule has 1 amide bonds. The molecule has 2 aliphatic carbocycles. The third kappa shape index (κ3) is 7.87. The fraction of sp³-hybridized carbons (Fsp3) is 0.960. The van der Waals surface area contributed by atoms with Crippen molar-refractivity contribution in [2.24, 2.45) is 17.8 Å². The smallest absolute Gasteiger partial charge is 0.223 e. The lowest BCUT2D eigenvalue weighted by molar-refractivity contribution is -0.126. The summed E-state index contributed by atoms with van der Waals surface area (Å²) in [5.74, 6) is 1.99. The molecule has 0 bridgehead atoms. The molecule has 190 valence electrons. The number of carbonyl (C=O) groups excluding carboxylic acids is 1. The van der Waals surface area contributed by atoms with Gasteiger partial charge in [-0.05, 0) is 76.2 Å². The number of nitrogens with zero attached hydrogens (tertiary/aromatic N) is 1. The zero-order chi connectivity index (χ0) is 22.9. The van der Waals surface area contributed by atoms with Crippen LogP contribution in [0.15, 0.2) is 0 Å². The first-order valence-electron chi connectivity index (χ1n) is 13.5. The molecule has 8 nitrogen and oxygen atoms in total. The molecule has 4 rings (SSSR count). The minimum atomic E-state index is 0.185. The van der Waals surface area contributed by atoms with Gasteiger partial charge in [0, 0.05) is 51.8 Å². The molecule has 4 fully saturated rings. The molecule has 4 N–H and O–H groups in total. The van der Waals surface area contributed by atoms with E-state index in [-0.39, 0.29) is 18.1 Å². The van der Waals surface area contributed by atoms with Crippen molar-refractivity contribution in [3.05, 3.63) is 0 Å². The van der Waals surface area contributed by atoms with Crippen molar-refractivity contribution in [1.82, 2.24) is 26.2 Å². The maximum atomic E-state index is 12.6. The van der Waals surface area contributed by atoms with Crippen LogP contribution < -0.4 is 21.3 Å². The highest BCUT2D eigenvalue weighted by Gasteiger charge is 2.32. The molecular weight excluding hydrogens is 418 g/mol. The summed E-state index contributed by atoms with van der Waals surface area (Å²) < 4.78 is 10.9. The van der Waals surface area contributed by atoms with Gasteiger partial charge in [-0.1, -0.05) is 0 Å². The molecule has 8 heteroatoms. The standard InChI is InChI=1S/C25H47N5O3/c1-32-23-9-5-19(6-10-23)21-17-27-25(28-18-21)29-22-7-3-20(4-8-22)24(31)26-11-2-12-30-13-15-33-16-14-30/h19-23,25,27-29H,2-18H2,1H3,(H,26,31). The van der Waals surface area contributed by atoms with Crippen molar-refractivity contribution in [3.63, 3.8) is 0 Å². The van der Waals surface area contributed by atoms with Crippen molar-refractivity contribution in [3.8, 4) is 0 Å². The van der Waals surface area contributed by atoms with Crippen LogP contribution in [-0.2, 0) is 14.3 Å². The van der Waals surface area contributed by atoms with E-state index in [9.17, 15) is 4.79 Å². The predicted octanol–water partition coefficient (Wildman–Crippen LogP) is 1.27. The molecule has 33 heavy (non-hydrogen) atoms. The van der Waals surface area contributed by atoms with Gasteiger partial charge in [0.15, 0.2) is 0 Å². The van der Waals surface area contributed by atoms with Gasteiger partial charge in [-0.2, -0.15) is 0 Å². The second-order valence-electron chi connectivity index (χ2n) is 10.6. The summed E-state index contributed by atoms with van der Waals surface area (Å²) >= 11 is 0. The lowest BCUT2D eigenvalue weighted by atomic mass is 9.78. The summed E-state index contributed by atoms with van der Waals surface area (Å²) in [6, 6.07) is 0.495. The zero-order valence-corrected chi connectivity index (χ0v) is 20.7. The first kappa shape index (κ1) is 25.3. The van der Waals surface area contributed by atoms with Gasteiger partial charge < -0.3 is 14.8 Å². The van der Waals surface area contributed by atoms with Crippen LogP contribution in [0.3, 0.4) is 0 Å². The summed E-state index contributed by atoms with van der Waals surface area (Å²) in [5.41, 5.74) is 0. The summed E-state index contributed by atoms with van der Waals surface area (Å²) in [4.78, 5) is 15.0. The fourth-order valence-electron chi connectivity index (χ4n) is 6.17. The molecule has 4 aliphatic rings. The molecule has 0 unspecified atom stereocenters. The van der Waals surface area contributed by atoms with E-state index in [1.165, 1.54) is 25.7 Å². The van der Waals surface area contributed by atoms with E-state index in [4.69, 9.17) is 9.47 Å². The van der Waals surface area contributed by atoms with Crippen molar-refractivity contribution in [2.45, 2.75) is 76.2 Å². The maximum absolute atomic E-state index is 12.6. The molecule has 2 saturated carbocycles. The van der Waals surface area contributed by atoms with Crippen LogP contribution in [0.1, 0.15) is 57.8 Å². The number of ether oxygens (including phenoxy) is 2. The molecule has 2 aliphatic heterocycles. The number of hydrogen-bond acceptors (Lipinski definition) is 7. The molecule has 0 atom stereocenters. The van der Waals surface area contributed by atoms with Crippen LogP contribution in [0.2, 0.25) is 0 Å². The fourth-order valence-corrected chi connectivity index (χ4v) is 6.17. The molecule has 0 aromatic rings. The monoisotopic (exact) mass is 465 g/mol. The van der Waals surface area contributed by atoms with Crippen LogP contribution in [-0.4, -0.2) is 88.8 Å². The van der Waals surface area contributed by atoms with Gasteiger partial charge in [0.05, 0.1) is 19.3 Å². The van der Waals surface area contributed by atoms with Crippen LogP contribution in [0.25, 0.3) is 0 Å². The van der Waals surface area contributed by atoms with Gasteiger partial charge in [-0.3, -0.25) is 25.6 Å². The van der Waals surface area contributed by atoms with Gasteiger partial charge in [-0.25, -0.2) is 0 Å². The van der Waals surface area contributed by atoms with Gasteiger partial charge in [0.2, 0.25) is 5.91 Å². The largest absolute Gasteiger partial charge is 0.381 e.